The molecule has 0 bridgehead atoms. The molecule has 2 fully saturated rings. The summed E-state index contributed by atoms with van der Waals surface area (Å²) in [5.74, 6) is 0.713. The second-order valence-electron chi connectivity index (χ2n) is 17.2. The van der Waals surface area contributed by atoms with Crippen molar-refractivity contribution >= 4 is 35.1 Å². The van der Waals surface area contributed by atoms with Crippen molar-refractivity contribution < 1.29 is 23.9 Å². The van der Waals surface area contributed by atoms with Crippen LogP contribution in [-0.2, 0) is 20.7 Å². The van der Waals surface area contributed by atoms with Crippen molar-refractivity contribution in [2.45, 2.75) is 91.1 Å². The lowest BCUT2D eigenvalue weighted by atomic mass is 9.77. The molecule has 6 rings (SSSR count). The van der Waals surface area contributed by atoms with E-state index in [0.717, 1.165) is 85.0 Å². The van der Waals surface area contributed by atoms with E-state index in [1.54, 1.807) is 0 Å². The number of aryl methyl sites for hydroxylation is 1. The monoisotopic (exact) mass is 774 g/mol. The number of alkyl carbamates (subject to hydrolysis) is 1. The van der Waals surface area contributed by atoms with Gasteiger partial charge in [-0.1, -0.05) is 36.4 Å². The molecule has 0 radical (unpaired) electrons. The molecule has 1 saturated carbocycles. The molecule has 57 heavy (non-hydrogen) atoms. The number of benzene rings is 3. The van der Waals surface area contributed by atoms with E-state index in [4.69, 9.17) is 4.74 Å². The molecule has 11 nitrogen and oxygen atoms in total. The molecule has 1 aliphatic carbocycles. The van der Waals surface area contributed by atoms with Gasteiger partial charge < -0.3 is 20.3 Å². The van der Waals surface area contributed by atoms with Crippen LogP contribution in [0.4, 0.5) is 10.5 Å². The van der Waals surface area contributed by atoms with Crippen LogP contribution in [0.25, 0.3) is 11.1 Å². The van der Waals surface area contributed by atoms with Gasteiger partial charge in [-0.25, -0.2) is 9.79 Å². The summed E-state index contributed by atoms with van der Waals surface area (Å²) in [4.78, 5) is 59.7. The van der Waals surface area contributed by atoms with Crippen molar-refractivity contribution in [1.82, 2.24) is 10.2 Å². The van der Waals surface area contributed by atoms with E-state index >= 15 is 0 Å². The summed E-state index contributed by atoms with van der Waals surface area (Å²) in [5, 5.41) is 13.9. The second kappa shape index (κ2) is 18.9. The van der Waals surface area contributed by atoms with Crippen LogP contribution in [0.3, 0.4) is 0 Å². The first-order valence-corrected chi connectivity index (χ1v) is 20.5. The summed E-state index contributed by atoms with van der Waals surface area (Å²) < 4.78 is 5.38. The summed E-state index contributed by atoms with van der Waals surface area (Å²) in [6.45, 7) is 10.5. The molecule has 11 heteroatoms. The molecular formula is C46H58N6O5. The van der Waals surface area contributed by atoms with Gasteiger partial charge in [-0.3, -0.25) is 14.4 Å². The van der Waals surface area contributed by atoms with Crippen LogP contribution in [-0.4, -0.2) is 73.3 Å². The Hall–Kier alpha value is -5.03. The number of nitrogens with zero attached hydrogens (tertiary/aromatic N) is 4. The molecule has 2 N–H and O–H groups in total. The van der Waals surface area contributed by atoms with Gasteiger partial charge in [0.05, 0.1) is 0 Å². The van der Waals surface area contributed by atoms with Gasteiger partial charge in [0.1, 0.15) is 11.4 Å². The number of carbonyl (C=O) groups excluding carboxylic acids is 4. The summed E-state index contributed by atoms with van der Waals surface area (Å²) in [5.41, 5.74) is 5.77. The molecule has 3 aromatic carbocycles. The van der Waals surface area contributed by atoms with Gasteiger partial charge in [0.25, 0.3) is 0 Å². The zero-order chi connectivity index (χ0) is 40.5. The number of carbonyl (C=O) groups is 4. The number of anilines is 1. The number of Topliss-reactive ketones (excluding diaryl/α,β-unsaturated/α-hetero) is 2. The van der Waals surface area contributed by atoms with E-state index in [0.29, 0.717) is 43.5 Å². The van der Waals surface area contributed by atoms with E-state index in [2.05, 4.69) is 49.9 Å². The Bertz CT molecular complexity index is 1950. The molecule has 1 saturated heterocycles. The molecule has 1 atom stereocenters. The van der Waals surface area contributed by atoms with Crippen LogP contribution in [0, 0.1) is 30.6 Å². The number of rotatable bonds is 14. The van der Waals surface area contributed by atoms with E-state index in [1.165, 1.54) is 0 Å². The van der Waals surface area contributed by atoms with Crippen LogP contribution < -0.4 is 10.6 Å². The van der Waals surface area contributed by atoms with Crippen molar-refractivity contribution in [3.63, 3.8) is 0 Å². The standard InChI is InChI=1S/C46H58N6O5/c1-30-24-37(41(53)26-32-20-22-52(5)23-21-32)16-19-40(30)34-10-6-31(7-11-34)25-38(44(55)50-39-17-14-36(15-18-39)43-48-29-49-51-43)27-42(54)35-12-8-33(9-13-35)28-47-45(56)57-46(2,3)4/h6-7,10-11,14-19,24,32-33,35,38H,8-9,12-13,20-23,25-29H2,1-5H3,(H,47,56)(H,50,55)/t33?,35?,38-/m1/s1. The minimum Gasteiger partial charge on any atom is -0.444 e. The number of piperidine rings is 1. The lowest BCUT2D eigenvalue weighted by molar-refractivity contribution is -0.129. The molecule has 2 amide bonds. The SMILES string of the molecule is Cc1cc(C(=O)CC2CCN(C)CC2)ccc1-c1ccc(C[C@H](CC(=O)C2CCC(CNC(=O)OC(C)(C)C)CC2)C(=O)Nc2ccc(C3=NCN=N3)cc2)cc1. The Morgan fingerprint density at radius 3 is 2.18 bits per heavy atom. The number of ether oxygens (including phenoxy) is 1. The lowest BCUT2D eigenvalue weighted by Gasteiger charge is -2.29. The number of amides is 2. The van der Waals surface area contributed by atoms with Gasteiger partial charge in [-0.2, -0.15) is 5.11 Å². The maximum atomic E-state index is 13.9. The first-order valence-electron chi connectivity index (χ1n) is 20.5. The molecular weight excluding hydrogens is 717 g/mol. The first-order chi connectivity index (χ1) is 27.3. The Kier molecular flexibility index (Phi) is 13.8. The lowest BCUT2D eigenvalue weighted by Crippen LogP contribution is -2.37. The fourth-order valence-corrected chi connectivity index (χ4v) is 8.13. The fourth-order valence-electron chi connectivity index (χ4n) is 8.13. The molecule has 2 aliphatic heterocycles. The normalized spacial score (nSPS) is 19.4. The van der Waals surface area contributed by atoms with Crippen molar-refractivity contribution in [1.29, 1.82) is 0 Å². The summed E-state index contributed by atoms with van der Waals surface area (Å²) >= 11 is 0. The highest BCUT2D eigenvalue weighted by Crippen LogP contribution is 2.32. The Morgan fingerprint density at radius 1 is 0.860 bits per heavy atom. The Balaban J connectivity index is 1.09. The van der Waals surface area contributed by atoms with E-state index in [9.17, 15) is 19.2 Å². The van der Waals surface area contributed by atoms with Crippen LogP contribution >= 0.6 is 0 Å². The van der Waals surface area contributed by atoms with Crippen molar-refractivity contribution in [2.75, 3.05) is 38.7 Å². The van der Waals surface area contributed by atoms with Gasteiger partial charge in [0.15, 0.2) is 18.3 Å². The molecule has 0 spiro atoms. The third-order valence-corrected chi connectivity index (χ3v) is 11.5. The summed E-state index contributed by atoms with van der Waals surface area (Å²) in [6, 6.07) is 21.5. The summed E-state index contributed by atoms with van der Waals surface area (Å²) in [7, 11) is 2.14. The number of hydrogen-bond acceptors (Lipinski definition) is 9. The average molecular weight is 775 g/mol. The number of ketones is 2. The zero-order valence-corrected chi connectivity index (χ0v) is 34.2. The largest absolute Gasteiger partial charge is 0.444 e. The maximum absolute atomic E-state index is 13.9. The van der Waals surface area contributed by atoms with Crippen LogP contribution in [0.1, 0.15) is 99.2 Å². The van der Waals surface area contributed by atoms with E-state index in [1.807, 2.05) is 82.3 Å². The highest BCUT2D eigenvalue weighted by atomic mass is 16.6. The fraction of sp³-hybridized carbons (Fsp3) is 0.500. The molecule has 3 aromatic rings. The number of likely N-dealkylation sites (tertiary alicyclic amines) is 1. The van der Waals surface area contributed by atoms with Gasteiger partial charge in [-0.05, 0) is 157 Å². The topological polar surface area (TPSA) is 142 Å². The third-order valence-electron chi connectivity index (χ3n) is 11.5. The number of amidine groups is 1. The predicted octanol–water partition coefficient (Wildman–Crippen LogP) is 8.83. The highest BCUT2D eigenvalue weighted by molar-refractivity contribution is 6.01. The van der Waals surface area contributed by atoms with Crippen molar-refractivity contribution in [2.24, 2.45) is 38.9 Å². The smallest absolute Gasteiger partial charge is 0.407 e. The zero-order valence-electron chi connectivity index (χ0n) is 34.2. The number of aliphatic imine (C=N–C) groups is 1. The number of nitrogens with one attached hydrogen (secondary N) is 2. The molecule has 302 valence electrons. The van der Waals surface area contributed by atoms with E-state index in [-0.39, 0.29) is 35.7 Å². The van der Waals surface area contributed by atoms with Crippen LogP contribution in [0.2, 0.25) is 0 Å². The quantitative estimate of drug-likeness (QED) is 0.157. The van der Waals surface area contributed by atoms with Gasteiger partial charge in [0, 0.05) is 48.0 Å². The minimum absolute atomic E-state index is 0.103. The maximum Gasteiger partial charge on any atom is 0.407 e. The van der Waals surface area contributed by atoms with Gasteiger partial charge >= 0.3 is 6.09 Å². The second-order valence-corrected chi connectivity index (χ2v) is 17.2. The Labute approximate surface area is 337 Å². The predicted molar refractivity (Wildman–Crippen MR) is 224 cm³/mol. The van der Waals surface area contributed by atoms with Crippen molar-refractivity contribution in [3.8, 4) is 11.1 Å². The van der Waals surface area contributed by atoms with Crippen LogP contribution in [0.15, 0.2) is 82.0 Å². The Morgan fingerprint density at radius 2 is 1.54 bits per heavy atom. The average Bonchev–Trinajstić information content (AvgIpc) is 3.73. The highest BCUT2D eigenvalue weighted by Gasteiger charge is 2.31. The molecule has 2 heterocycles. The van der Waals surface area contributed by atoms with E-state index < -0.39 is 17.6 Å². The number of hydrogen-bond donors (Lipinski definition) is 2. The van der Waals surface area contributed by atoms with Gasteiger partial charge in [0.2, 0.25) is 5.91 Å². The number of azo groups is 1. The molecule has 0 aromatic heterocycles. The first kappa shape index (κ1) is 41.6. The summed E-state index contributed by atoms with van der Waals surface area (Å²) in [6.07, 6.45) is 5.97. The molecule has 3 aliphatic rings. The van der Waals surface area contributed by atoms with Crippen LogP contribution in [0.5, 0.6) is 0 Å². The van der Waals surface area contributed by atoms with Gasteiger partial charge in [-0.15, -0.1) is 5.11 Å². The van der Waals surface area contributed by atoms with Crippen molar-refractivity contribution in [3.05, 3.63) is 89.0 Å². The third kappa shape index (κ3) is 12.0. The minimum atomic E-state index is -0.570. The molecule has 0 unspecified atom stereocenters.